The normalized spacial score (nSPS) is 21.2. The molecule has 1 saturated carbocycles. The van der Waals surface area contributed by atoms with E-state index in [1.54, 1.807) is 0 Å². The predicted molar refractivity (Wildman–Crippen MR) is 75.9 cm³/mol. The Morgan fingerprint density at radius 2 is 1.67 bits per heavy atom. The summed E-state index contributed by atoms with van der Waals surface area (Å²) in [5.74, 6) is 0.227. The second-order valence-electron chi connectivity index (χ2n) is 5.53. The quantitative estimate of drug-likeness (QED) is 0.780. The van der Waals surface area contributed by atoms with Crippen LogP contribution in [0.3, 0.4) is 0 Å². The SMILES string of the molecule is CCCCS(=O)(=O)NC1(CN)CCCCCCC1. The van der Waals surface area contributed by atoms with E-state index in [4.69, 9.17) is 5.73 Å². The van der Waals surface area contributed by atoms with E-state index >= 15 is 0 Å². The molecule has 0 bridgehead atoms. The fourth-order valence-electron chi connectivity index (χ4n) is 2.65. The van der Waals surface area contributed by atoms with Crippen LogP contribution in [0.15, 0.2) is 0 Å². The number of nitrogens with two attached hydrogens (primary N) is 1. The number of nitrogens with one attached hydrogen (secondary N) is 1. The number of unbranched alkanes of at least 4 members (excludes halogenated alkanes) is 1. The summed E-state index contributed by atoms with van der Waals surface area (Å²) in [7, 11) is -3.17. The van der Waals surface area contributed by atoms with Gasteiger partial charge in [-0.05, 0) is 19.3 Å². The first-order chi connectivity index (χ1) is 8.54. The third-order valence-corrected chi connectivity index (χ3v) is 5.41. The molecule has 1 rings (SSSR count). The van der Waals surface area contributed by atoms with E-state index in [2.05, 4.69) is 4.72 Å². The van der Waals surface area contributed by atoms with E-state index in [9.17, 15) is 8.42 Å². The second kappa shape index (κ2) is 7.46. The van der Waals surface area contributed by atoms with Crippen LogP contribution in [-0.4, -0.2) is 26.3 Å². The molecule has 0 saturated heterocycles. The van der Waals surface area contributed by atoms with Crippen molar-refractivity contribution in [1.82, 2.24) is 4.72 Å². The summed E-state index contributed by atoms with van der Waals surface area (Å²) < 4.78 is 27.0. The maximum Gasteiger partial charge on any atom is 0.212 e. The Balaban J connectivity index is 2.67. The first-order valence-electron chi connectivity index (χ1n) is 7.25. The van der Waals surface area contributed by atoms with Gasteiger partial charge >= 0.3 is 0 Å². The summed E-state index contributed by atoms with van der Waals surface area (Å²) in [5.41, 5.74) is 5.49. The van der Waals surface area contributed by atoms with Crippen LogP contribution in [0.5, 0.6) is 0 Å². The fourth-order valence-corrected chi connectivity index (χ4v) is 4.36. The molecule has 0 unspecified atom stereocenters. The van der Waals surface area contributed by atoms with Crippen molar-refractivity contribution in [2.75, 3.05) is 12.3 Å². The molecule has 108 valence electrons. The summed E-state index contributed by atoms with van der Waals surface area (Å²) in [5, 5.41) is 0. The maximum atomic E-state index is 12.1. The molecule has 0 amide bonds. The average molecular weight is 276 g/mol. The van der Waals surface area contributed by atoms with Crippen molar-refractivity contribution in [2.24, 2.45) is 5.73 Å². The van der Waals surface area contributed by atoms with Gasteiger partial charge in [0.15, 0.2) is 0 Å². The van der Waals surface area contributed by atoms with Gasteiger partial charge in [-0.15, -0.1) is 0 Å². The number of hydrogen-bond acceptors (Lipinski definition) is 3. The smallest absolute Gasteiger partial charge is 0.212 e. The zero-order valence-corrected chi connectivity index (χ0v) is 12.4. The van der Waals surface area contributed by atoms with Crippen molar-refractivity contribution < 1.29 is 8.42 Å². The van der Waals surface area contributed by atoms with Crippen molar-refractivity contribution in [3.8, 4) is 0 Å². The third kappa shape index (κ3) is 5.24. The lowest BCUT2D eigenvalue weighted by Gasteiger charge is -2.35. The first kappa shape index (κ1) is 15.9. The van der Waals surface area contributed by atoms with Crippen LogP contribution in [-0.2, 0) is 10.0 Å². The standard InChI is InChI=1S/C13H28N2O2S/c1-2-3-11-18(16,17)15-13(12-14)9-7-5-4-6-8-10-13/h15H,2-12,14H2,1H3. The fraction of sp³-hybridized carbons (Fsp3) is 1.00. The molecule has 5 heteroatoms. The molecule has 3 N–H and O–H groups in total. The Hall–Kier alpha value is -0.130. The van der Waals surface area contributed by atoms with Crippen LogP contribution in [0, 0.1) is 0 Å². The van der Waals surface area contributed by atoms with E-state index in [1.165, 1.54) is 19.3 Å². The largest absolute Gasteiger partial charge is 0.329 e. The highest BCUT2D eigenvalue weighted by Gasteiger charge is 2.32. The Kier molecular flexibility index (Phi) is 6.60. The van der Waals surface area contributed by atoms with Crippen molar-refractivity contribution in [3.05, 3.63) is 0 Å². The van der Waals surface area contributed by atoms with Gasteiger partial charge in [-0.1, -0.05) is 45.4 Å². The van der Waals surface area contributed by atoms with Crippen LogP contribution >= 0.6 is 0 Å². The van der Waals surface area contributed by atoms with E-state index in [0.29, 0.717) is 6.54 Å². The van der Waals surface area contributed by atoms with E-state index in [1.807, 2.05) is 6.92 Å². The minimum absolute atomic E-state index is 0.227. The van der Waals surface area contributed by atoms with Gasteiger partial charge in [0.25, 0.3) is 0 Å². The minimum atomic E-state index is -3.17. The third-order valence-electron chi connectivity index (χ3n) is 3.84. The van der Waals surface area contributed by atoms with Crippen molar-refractivity contribution in [3.63, 3.8) is 0 Å². The Morgan fingerprint density at radius 3 is 2.17 bits per heavy atom. The lowest BCUT2D eigenvalue weighted by Crippen LogP contribution is -2.54. The average Bonchev–Trinajstić information content (AvgIpc) is 2.30. The van der Waals surface area contributed by atoms with Gasteiger partial charge < -0.3 is 5.73 Å². The first-order valence-corrected chi connectivity index (χ1v) is 8.90. The Bertz CT molecular complexity index is 320. The number of hydrogen-bond donors (Lipinski definition) is 2. The lowest BCUT2D eigenvalue weighted by molar-refractivity contribution is 0.296. The zero-order valence-electron chi connectivity index (χ0n) is 11.6. The van der Waals surface area contributed by atoms with Crippen molar-refractivity contribution >= 4 is 10.0 Å². The predicted octanol–water partition coefficient (Wildman–Crippen LogP) is 2.15. The molecule has 1 aliphatic carbocycles. The monoisotopic (exact) mass is 276 g/mol. The van der Waals surface area contributed by atoms with Gasteiger partial charge in [0.2, 0.25) is 10.0 Å². The summed E-state index contributed by atoms with van der Waals surface area (Å²) >= 11 is 0. The van der Waals surface area contributed by atoms with Gasteiger partial charge in [0.1, 0.15) is 0 Å². The number of rotatable bonds is 6. The highest BCUT2D eigenvalue weighted by molar-refractivity contribution is 7.89. The molecule has 1 fully saturated rings. The molecule has 0 spiro atoms. The summed E-state index contributed by atoms with van der Waals surface area (Å²) in [6, 6.07) is 0. The minimum Gasteiger partial charge on any atom is -0.329 e. The van der Waals surface area contributed by atoms with E-state index < -0.39 is 10.0 Å². The summed E-state index contributed by atoms with van der Waals surface area (Å²) in [6.07, 6.45) is 9.19. The molecular weight excluding hydrogens is 248 g/mol. The molecule has 0 aromatic carbocycles. The van der Waals surface area contributed by atoms with Crippen LogP contribution in [0.2, 0.25) is 0 Å². The highest BCUT2D eigenvalue weighted by Crippen LogP contribution is 2.26. The van der Waals surface area contributed by atoms with Gasteiger partial charge in [-0.3, -0.25) is 0 Å². The van der Waals surface area contributed by atoms with Crippen LogP contribution in [0.4, 0.5) is 0 Å². The molecule has 0 aliphatic heterocycles. The van der Waals surface area contributed by atoms with Gasteiger partial charge in [0.05, 0.1) is 5.75 Å². The van der Waals surface area contributed by atoms with Crippen molar-refractivity contribution in [2.45, 2.75) is 70.3 Å². The zero-order chi connectivity index (χ0) is 13.5. The number of sulfonamides is 1. The molecule has 0 heterocycles. The van der Waals surface area contributed by atoms with Crippen molar-refractivity contribution in [1.29, 1.82) is 0 Å². The van der Waals surface area contributed by atoms with Gasteiger partial charge in [-0.2, -0.15) is 0 Å². The van der Waals surface area contributed by atoms with Crippen LogP contribution in [0.1, 0.15) is 64.7 Å². The molecule has 0 atom stereocenters. The Morgan fingerprint density at radius 1 is 1.11 bits per heavy atom. The van der Waals surface area contributed by atoms with E-state index in [-0.39, 0.29) is 11.3 Å². The molecule has 0 aromatic heterocycles. The molecule has 18 heavy (non-hydrogen) atoms. The molecular formula is C13H28N2O2S. The highest BCUT2D eigenvalue weighted by atomic mass is 32.2. The van der Waals surface area contributed by atoms with Crippen LogP contribution < -0.4 is 10.5 Å². The topological polar surface area (TPSA) is 72.2 Å². The van der Waals surface area contributed by atoms with E-state index in [0.717, 1.165) is 38.5 Å². The Labute approximate surface area is 112 Å². The van der Waals surface area contributed by atoms with Gasteiger partial charge in [0, 0.05) is 12.1 Å². The molecule has 0 aromatic rings. The lowest BCUT2D eigenvalue weighted by atomic mass is 9.85. The second-order valence-corrected chi connectivity index (χ2v) is 7.37. The van der Waals surface area contributed by atoms with Gasteiger partial charge in [-0.25, -0.2) is 13.1 Å². The summed E-state index contributed by atoms with van der Waals surface area (Å²) in [4.78, 5) is 0. The molecule has 4 nitrogen and oxygen atoms in total. The maximum absolute atomic E-state index is 12.1. The molecule has 0 radical (unpaired) electrons. The van der Waals surface area contributed by atoms with Crippen LogP contribution in [0.25, 0.3) is 0 Å². The summed E-state index contributed by atoms with van der Waals surface area (Å²) in [6.45, 7) is 2.42. The molecule has 1 aliphatic rings.